The first-order valence-electron chi connectivity index (χ1n) is 10.3. The predicted octanol–water partition coefficient (Wildman–Crippen LogP) is 4.87. The molecule has 28 heavy (non-hydrogen) atoms. The number of nitrogens with two attached hydrogens (primary N) is 1. The summed E-state index contributed by atoms with van der Waals surface area (Å²) < 4.78 is 2.15. The maximum absolute atomic E-state index is 5.80. The number of nitrogen functional groups attached to an aromatic ring is 1. The van der Waals surface area contributed by atoms with Crippen LogP contribution >= 0.6 is 11.8 Å². The minimum atomic E-state index is 0.579. The zero-order valence-electron chi connectivity index (χ0n) is 16.3. The summed E-state index contributed by atoms with van der Waals surface area (Å²) in [7, 11) is 0. The molecule has 1 aliphatic carbocycles. The summed E-state index contributed by atoms with van der Waals surface area (Å²) in [5.41, 5.74) is 8.14. The van der Waals surface area contributed by atoms with E-state index >= 15 is 0 Å². The Hall–Kier alpha value is -2.21. The van der Waals surface area contributed by atoms with Gasteiger partial charge in [-0.3, -0.25) is 4.40 Å². The standard InChI is InChI=1S/C22H27N5S/c1-16-3-2-8-22(16)9-12-26(13-10-22)21-25-15-19(20-24-11-14-27(20)21)28-18-6-4-17(23)5-7-18/h4-7,11,14-16H,2-3,8-10,12-13,23H2,1H3. The molecule has 1 spiro atoms. The molecule has 6 heteroatoms. The highest BCUT2D eigenvalue weighted by atomic mass is 32.2. The number of anilines is 2. The third-order valence-corrected chi connectivity index (χ3v) is 7.90. The zero-order valence-corrected chi connectivity index (χ0v) is 17.2. The number of imidazole rings is 1. The van der Waals surface area contributed by atoms with Crippen LogP contribution < -0.4 is 10.6 Å². The van der Waals surface area contributed by atoms with Gasteiger partial charge in [-0.2, -0.15) is 0 Å². The van der Waals surface area contributed by atoms with Crippen molar-refractivity contribution in [1.82, 2.24) is 14.4 Å². The van der Waals surface area contributed by atoms with Crippen LogP contribution in [0, 0.1) is 11.3 Å². The summed E-state index contributed by atoms with van der Waals surface area (Å²) in [6.45, 7) is 4.64. The molecule has 3 heterocycles. The lowest BCUT2D eigenvalue weighted by atomic mass is 9.71. The van der Waals surface area contributed by atoms with Gasteiger partial charge in [-0.25, -0.2) is 9.97 Å². The number of nitrogens with zero attached hydrogens (tertiary/aromatic N) is 4. The van der Waals surface area contributed by atoms with Crippen molar-refractivity contribution in [3.8, 4) is 0 Å². The van der Waals surface area contributed by atoms with Gasteiger partial charge in [0.2, 0.25) is 5.95 Å². The van der Waals surface area contributed by atoms with Crippen molar-refractivity contribution < 1.29 is 0 Å². The van der Waals surface area contributed by atoms with Crippen molar-refractivity contribution in [2.45, 2.75) is 48.8 Å². The van der Waals surface area contributed by atoms with Gasteiger partial charge in [-0.1, -0.05) is 31.5 Å². The van der Waals surface area contributed by atoms with Gasteiger partial charge >= 0.3 is 0 Å². The average molecular weight is 394 g/mol. The van der Waals surface area contributed by atoms with Gasteiger partial charge in [0.25, 0.3) is 0 Å². The SMILES string of the molecule is CC1CCCC12CCN(c1ncc(Sc3ccc(N)cc3)c3nccn13)CC2. The third kappa shape index (κ3) is 3.04. The van der Waals surface area contributed by atoms with Gasteiger partial charge in [0, 0.05) is 42.3 Å². The Bertz CT molecular complexity index is 972. The fourth-order valence-corrected chi connectivity index (χ4v) is 5.93. The third-order valence-electron chi connectivity index (χ3n) is 6.88. The average Bonchev–Trinajstić information content (AvgIpc) is 3.33. The smallest absolute Gasteiger partial charge is 0.211 e. The molecule has 1 atom stereocenters. The molecule has 2 fully saturated rings. The van der Waals surface area contributed by atoms with Crippen LogP contribution in [0.15, 0.2) is 52.6 Å². The van der Waals surface area contributed by atoms with Crippen LogP contribution in [0.5, 0.6) is 0 Å². The molecule has 1 unspecified atom stereocenters. The van der Waals surface area contributed by atoms with E-state index < -0.39 is 0 Å². The molecule has 0 bridgehead atoms. The maximum Gasteiger partial charge on any atom is 0.211 e. The molecule has 5 nitrogen and oxygen atoms in total. The molecule has 2 aromatic heterocycles. The van der Waals surface area contributed by atoms with Crippen molar-refractivity contribution >= 4 is 29.0 Å². The molecule has 2 aliphatic rings. The van der Waals surface area contributed by atoms with Crippen molar-refractivity contribution in [2.75, 3.05) is 23.7 Å². The molecule has 0 radical (unpaired) electrons. The molecule has 2 N–H and O–H groups in total. The molecule has 1 saturated heterocycles. The normalized spacial score (nSPS) is 21.6. The van der Waals surface area contributed by atoms with Crippen LogP contribution in [-0.2, 0) is 0 Å². The fraction of sp³-hybridized carbons (Fsp3) is 0.455. The number of rotatable bonds is 3. The Morgan fingerprint density at radius 2 is 1.89 bits per heavy atom. The van der Waals surface area contributed by atoms with Crippen molar-refractivity contribution in [1.29, 1.82) is 0 Å². The molecule has 5 rings (SSSR count). The summed E-state index contributed by atoms with van der Waals surface area (Å²) in [5, 5.41) is 0. The monoisotopic (exact) mass is 393 g/mol. The summed E-state index contributed by atoms with van der Waals surface area (Å²) in [6.07, 6.45) is 12.7. The van der Waals surface area contributed by atoms with Crippen molar-refractivity contribution in [2.24, 2.45) is 11.3 Å². The summed E-state index contributed by atoms with van der Waals surface area (Å²) >= 11 is 1.68. The van der Waals surface area contributed by atoms with Crippen LogP contribution in [0.2, 0.25) is 0 Å². The Morgan fingerprint density at radius 3 is 2.61 bits per heavy atom. The van der Waals surface area contributed by atoms with Gasteiger partial charge < -0.3 is 10.6 Å². The molecule has 0 amide bonds. The topological polar surface area (TPSA) is 59.5 Å². The van der Waals surface area contributed by atoms with Crippen LogP contribution in [0.1, 0.15) is 39.0 Å². The molecular weight excluding hydrogens is 366 g/mol. The number of hydrogen-bond acceptors (Lipinski definition) is 5. The first-order valence-corrected chi connectivity index (χ1v) is 11.1. The van der Waals surface area contributed by atoms with Gasteiger partial charge in [-0.05, 0) is 54.9 Å². The van der Waals surface area contributed by atoms with Gasteiger partial charge in [0.15, 0.2) is 5.65 Å². The quantitative estimate of drug-likeness (QED) is 0.643. The minimum Gasteiger partial charge on any atom is -0.399 e. The second kappa shape index (κ2) is 6.99. The van der Waals surface area contributed by atoms with E-state index in [1.54, 1.807) is 11.8 Å². The van der Waals surface area contributed by atoms with Gasteiger partial charge in [0.1, 0.15) is 0 Å². The predicted molar refractivity (Wildman–Crippen MR) is 115 cm³/mol. The minimum absolute atomic E-state index is 0.579. The van der Waals surface area contributed by atoms with E-state index in [1.165, 1.54) is 32.1 Å². The number of benzene rings is 1. The number of fused-ring (bicyclic) bond motifs is 1. The van der Waals surface area contributed by atoms with Gasteiger partial charge in [0.05, 0.1) is 4.90 Å². The van der Waals surface area contributed by atoms with E-state index in [2.05, 4.69) is 21.2 Å². The number of piperidine rings is 1. The molecular formula is C22H27N5S. The van der Waals surface area contributed by atoms with E-state index in [0.29, 0.717) is 5.41 Å². The van der Waals surface area contributed by atoms with Crippen molar-refractivity contribution in [3.63, 3.8) is 0 Å². The Kier molecular flexibility index (Phi) is 4.46. The largest absolute Gasteiger partial charge is 0.399 e. The highest BCUT2D eigenvalue weighted by Gasteiger charge is 2.42. The zero-order chi connectivity index (χ0) is 19.1. The molecule has 1 aromatic carbocycles. The lowest BCUT2D eigenvalue weighted by Gasteiger charge is -2.42. The van der Waals surface area contributed by atoms with Gasteiger partial charge in [-0.15, -0.1) is 0 Å². The maximum atomic E-state index is 5.80. The first-order chi connectivity index (χ1) is 13.6. The van der Waals surface area contributed by atoms with Crippen LogP contribution in [-0.4, -0.2) is 27.5 Å². The van der Waals surface area contributed by atoms with E-state index in [-0.39, 0.29) is 0 Å². The van der Waals surface area contributed by atoms with E-state index in [9.17, 15) is 0 Å². The second-order valence-electron chi connectivity index (χ2n) is 8.36. The Labute approximate surface area is 170 Å². The van der Waals surface area contributed by atoms with Crippen LogP contribution in [0.25, 0.3) is 5.65 Å². The molecule has 146 valence electrons. The lowest BCUT2D eigenvalue weighted by molar-refractivity contribution is 0.161. The Balaban J connectivity index is 1.40. The highest BCUT2D eigenvalue weighted by molar-refractivity contribution is 7.99. The summed E-state index contributed by atoms with van der Waals surface area (Å²) in [4.78, 5) is 14.1. The van der Waals surface area contributed by atoms with Crippen LogP contribution in [0.3, 0.4) is 0 Å². The van der Waals surface area contributed by atoms with E-state index in [4.69, 9.17) is 10.7 Å². The van der Waals surface area contributed by atoms with E-state index in [1.807, 2.05) is 42.9 Å². The molecule has 1 aliphatic heterocycles. The Morgan fingerprint density at radius 1 is 1.11 bits per heavy atom. The lowest BCUT2D eigenvalue weighted by Crippen LogP contribution is -2.42. The molecule has 1 saturated carbocycles. The fourth-order valence-electron chi connectivity index (χ4n) is 5.06. The number of aromatic nitrogens is 3. The summed E-state index contributed by atoms with van der Waals surface area (Å²) in [5.74, 6) is 1.89. The van der Waals surface area contributed by atoms with Crippen molar-refractivity contribution in [3.05, 3.63) is 42.9 Å². The van der Waals surface area contributed by atoms with Crippen LogP contribution in [0.4, 0.5) is 11.6 Å². The first kappa shape index (κ1) is 17.9. The van der Waals surface area contributed by atoms with E-state index in [0.717, 1.165) is 46.1 Å². The highest BCUT2D eigenvalue weighted by Crippen LogP contribution is 2.50. The number of hydrogen-bond donors (Lipinski definition) is 1. The summed E-state index contributed by atoms with van der Waals surface area (Å²) in [6, 6.07) is 7.95. The molecule has 3 aromatic rings. The second-order valence-corrected chi connectivity index (χ2v) is 9.47.